The van der Waals surface area contributed by atoms with Gasteiger partial charge < -0.3 is 15.6 Å². The Bertz CT molecular complexity index is 1710. The number of anilines is 1. The molecule has 6 fully saturated rings. The molecule has 6 aliphatic rings. The van der Waals surface area contributed by atoms with Crippen molar-refractivity contribution in [2.24, 2.45) is 58.2 Å². The summed E-state index contributed by atoms with van der Waals surface area (Å²) in [6.45, 7) is 8.84. The maximum atomic E-state index is 13.7. The average molecular weight is 603 g/mol. The molecule has 0 radical (unpaired) electrons. The number of nitrogens with zero attached hydrogens (tertiary/aromatic N) is 1. The van der Waals surface area contributed by atoms with Crippen LogP contribution in [-0.4, -0.2) is 27.8 Å². The number of nitrogens with one attached hydrogen (secondary N) is 3. The molecule has 4 unspecified atom stereocenters. The van der Waals surface area contributed by atoms with Crippen molar-refractivity contribution in [1.82, 2.24) is 15.3 Å². The number of fused-ring (bicyclic) bond motifs is 3. The number of carbonyl (C=O) groups excluding carboxylic acids is 2. The molecule has 9 rings (SSSR count). The molecule has 0 spiro atoms. The van der Waals surface area contributed by atoms with Crippen LogP contribution in [-0.2, 0) is 4.79 Å². The van der Waals surface area contributed by atoms with Gasteiger partial charge in [0.05, 0.1) is 16.4 Å². The number of aromatic nitrogens is 2. The third kappa shape index (κ3) is 4.30. The van der Waals surface area contributed by atoms with E-state index in [1.54, 1.807) is 0 Å². The van der Waals surface area contributed by atoms with Crippen LogP contribution in [0.5, 0.6) is 0 Å². The molecule has 6 saturated carbocycles. The van der Waals surface area contributed by atoms with Gasteiger partial charge in [0.1, 0.15) is 5.82 Å². The standard InChI is InChI=1S/C39H46N4O2/c1-4-38(3)18-27-14-25-12-26(15-30(25)27)34(38)43-36(44)23-7-10-32-33(16-23)42-35(41-32)22-5-8-29(9-6-22)40-37(45)39-17-21(2)11-24-13-28(19-39)31(24)20-39/h4-10,16,21,24-28,30-31,34H,1,11-15,17-20H2,2-3H3,(H,40,45)(H,41,42)(H,43,44)/t21-,24-,25-,26?,27+,28+,30+,31?,34?,38+,39?/m1/s1. The van der Waals surface area contributed by atoms with Crippen molar-refractivity contribution in [3.8, 4) is 11.4 Å². The van der Waals surface area contributed by atoms with E-state index in [9.17, 15) is 9.59 Å². The van der Waals surface area contributed by atoms with Crippen LogP contribution in [0.2, 0.25) is 0 Å². The number of carbonyl (C=O) groups is 2. The lowest BCUT2D eigenvalue weighted by molar-refractivity contribution is -0.126. The van der Waals surface area contributed by atoms with Gasteiger partial charge in [-0.25, -0.2) is 4.98 Å². The molecule has 1 heterocycles. The van der Waals surface area contributed by atoms with Gasteiger partial charge in [-0.2, -0.15) is 0 Å². The Labute approximate surface area is 266 Å². The van der Waals surface area contributed by atoms with E-state index in [2.05, 4.69) is 42.1 Å². The maximum absolute atomic E-state index is 13.7. The summed E-state index contributed by atoms with van der Waals surface area (Å²) in [5.74, 6) is 7.01. The number of hydrogen-bond acceptors (Lipinski definition) is 3. The number of benzene rings is 2. The first kappa shape index (κ1) is 27.9. The SMILES string of the molecule is C=C[C@@]1(C)C[C@@H]2C[C@H]3CC(C[C@@H]32)C1NC(=O)c1ccc2nc(-c3ccc(NC(=O)C45CC6[C@H](C[C@@H](C)C4)C[C@H]6C5)cc3)[nH]c2c1. The number of amides is 2. The minimum Gasteiger partial charge on any atom is -0.348 e. The van der Waals surface area contributed by atoms with Crippen molar-refractivity contribution in [2.45, 2.75) is 77.7 Å². The highest BCUT2D eigenvalue weighted by Gasteiger charge is 2.60. The topological polar surface area (TPSA) is 86.9 Å². The Morgan fingerprint density at radius 3 is 2.44 bits per heavy atom. The second-order valence-electron chi connectivity index (χ2n) is 16.5. The molecule has 2 aromatic carbocycles. The van der Waals surface area contributed by atoms with Gasteiger partial charge >= 0.3 is 0 Å². The monoisotopic (exact) mass is 602 g/mol. The quantitative estimate of drug-likeness (QED) is 0.250. The van der Waals surface area contributed by atoms with Crippen LogP contribution in [0.15, 0.2) is 55.1 Å². The summed E-state index contributed by atoms with van der Waals surface area (Å²) in [5, 5.41) is 6.76. The van der Waals surface area contributed by atoms with Crippen LogP contribution < -0.4 is 10.6 Å². The lowest BCUT2D eigenvalue weighted by Crippen LogP contribution is -2.51. The Morgan fingerprint density at radius 2 is 1.64 bits per heavy atom. The zero-order chi connectivity index (χ0) is 30.7. The fourth-order valence-corrected chi connectivity index (χ4v) is 11.7. The number of rotatable bonds is 6. The molecule has 11 atom stereocenters. The fraction of sp³-hybridized carbons (Fsp3) is 0.564. The van der Waals surface area contributed by atoms with Crippen LogP contribution in [0, 0.1) is 58.2 Å². The first-order valence-corrected chi connectivity index (χ1v) is 17.6. The Hall–Kier alpha value is -3.41. The molecule has 45 heavy (non-hydrogen) atoms. The summed E-state index contributed by atoms with van der Waals surface area (Å²) in [4.78, 5) is 35.6. The van der Waals surface area contributed by atoms with Gasteiger partial charge in [-0.3, -0.25) is 9.59 Å². The predicted octanol–water partition coefficient (Wildman–Crippen LogP) is 7.99. The van der Waals surface area contributed by atoms with E-state index in [1.807, 2.05) is 42.5 Å². The molecule has 0 aliphatic heterocycles. The van der Waals surface area contributed by atoms with Gasteiger partial charge in [0.25, 0.3) is 5.91 Å². The van der Waals surface area contributed by atoms with Crippen molar-refractivity contribution in [1.29, 1.82) is 0 Å². The zero-order valence-corrected chi connectivity index (χ0v) is 26.6. The van der Waals surface area contributed by atoms with Gasteiger partial charge in [0.15, 0.2) is 0 Å². The highest BCUT2D eigenvalue weighted by Crippen LogP contribution is 2.65. The molecule has 1 aromatic heterocycles. The van der Waals surface area contributed by atoms with Crippen LogP contribution in [0.3, 0.4) is 0 Å². The smallest absolute Gasteiger partial charge is 0.251 e. The van der Waals surface area contributed by atoms with E-state index in [1.165, 1.54) is 32.1 Å². The first-order valence-electron chi connectivity index (χ1n) is 17.6. The molecular weight excluding hydrogens is 556 g/mol. The van der Waals surface area contributed by atoms with E-state index >= 15 is 0 Å². The van der Waals surface area contributed by atoms with Gasteiger partial charge in [-0.1, -0.05) is 19.9 Å². The maximum Gasteiger partial charge on any atom is 0.251 e. The van der Waals surface area contributed by atoms with Crippen molar-refractivity contribution < 1.29 is 9.59 Å². The summed E-state index contributed by atoms with van der Waals surface area (Å²) in [6.07, 6.45) is 12.9. The molecule has 3 N–H and O–H groups in total. The van der Waals surface area contributed by atoms with Crippen molar-refractivity contribution in [3.63, 3.8) is 0 Å². The second kappa shape index (κ2) is 9.80. The Morgan fingerprint density at radius 1 is 0.889 bits per heavy atom. The van der Waals surface area contributed by atoms with Crippen molar-refractivity contribution >= 4 is 28.5 Å². The largest absolute Gasteiger partial charge is 0.348 e. The molecular formula is C39H46N4O2. The summed E-state index contributed by atoms with van der Waals surface area (Å²) in [7, 11) is 0. The Kier molecular flexibility index (Phi) is 6.07. The molecule has 2 amide bonds. The lowest BCUT2D eigenvalue weighted by atomic mass is 9.59. The van der Waals surface area contributed by atoms with Crippen LogP contribution in [0.25, 0.3) is 22.4 Å². The summed E-state index contributed by atoms with van der Waals surface area (Å²) < 4.78 is 0. The van der Waals surface area contributed by atoms with E-state index in [0.29, 0.717) is 17.4 Å². The number of imidazole rings is 1. The minimum absolute atomic E-state index is 0.0152. The highest BCUT2D eigenvalue weighted by atomic mass is 16.2. The normalized spacial score (nSPS) is 40.5. The molecule has 6 nitrogen and oxygen atoms in total. The van der Waals surface area contributed by atoms with Crippen molar-refractivity contribution in [3.05, 3.63) is 60.7 Å². The lowest BCUT2D eigenvalue weighted by Gasteiger charge is -2.47. The predicted molar refractivity (Wildman–Crippen MR) is 177 cm³/mol. The number of hydrogen-bond donors (Lipinski definition) is 3. The summed E-state index contributed by atoms with van der Waals surface area (Å²) in [5.41, 5.74) is 3.87. The molecule has 4 bridgehead atoms. The van der Waals surface area contributed by atoms with Gasteiger partial charge in [0, 0.05) is 28.3 Å². The molecule has 3 aromatic rings. The number of aromatic amines is 1. The van der Waals surface area contributed by atoms with E-state index in [4.69, 9.17) is 4.98 Å². The van der Waals surface area contributed by atoms with Crippen molar-refractivity contribution in [2.75, 3.05) is 5.32 Å². The number of H-pyrrole nitrogens is 1. The van der Waals surface area contributed by atoms with Crippen LogP contribution in [0.4, 0.5) is 5.69 Å². The van der Waals surface area contributed by atoms with Gasteiger partial charge in [-0.05, 0) is 148 Å². The molecule has 0 saturated heterocycles. The Balaban J connectivity index is 0.901. The van der Waals surface area contributed by atoms with Gasteiger partial charge in [-0.15, -0.1) is 6.58 Å². The molecule has 234 valence electrons. The van der Waals surface area contributed by atoms with Gasteiger partial charge in [0.2, 0.25) is 5.91 Å². The average Bonchev–Trinajstić information content (AvgIpc) is 3.64. The second-order valence-corrected chi connectivity index (χ2v) is 16.5. The third-order valence-electron chi connectivity index (χ3n) is 13.8. The summed E-state index contributed by atoms with van der Waals surface area (Å²) in [6, 6.07) is 13.9. The van der Waals surface area contributed by atoms with E-state index in [0.717, 1.165) is 89.3 Å². The highest BCUT2D eigenvalue weighted by molar-refractivity contribution is 5.98. The summed E-state index contributed by atoms with van der Waals surface area (Å²) >= 11 is 0. The van der Waals surface area contributed by atoms with Crippen LogP contribution >= 0.6 is 0 Å². The van der Waals surface area contributed by atoms with Crippen LogP contribution in [0.1, 0.15) is 82.0 Å². The first-order chi connectivity index (χ1) is 21.7. The molecule has 6 heteroatoms. The van der Waals surface area contributed by atoms with E-state index in [-0.39, 0.29) is 28.7 Å². The zero-order valence-electron chi connectivity index (χ0n) is 26.6. The third-order valence-corrected chi connectivity index (χ3v) is 13.8. The molecule has 6 aliphatic carbocycles. The fourth-order valence-electron chi connectivity index (χ4n) is 11.7. The minimum atomic E-state index is -0.193. The van der Waals surface area contributed by atoms with E-state index < -0.39 is 0 Å².